The van der Waals surface area contributed by atoms with Crippen molar-refractivity contribution in [2.45, 2.75) is 45.3 Å². The lowest BCUT2D eigenvalue weighted by molar-refractivity contribution is -0.133. The summed E-state index contributed by atoms with van der Waals surface area (Å²) in [4.78, 5) is 41.4. The molecule has 0 bridgehead atoms. The maximum Gasteiger partial charge on any atom is 0.255 e. The van der Waals surface area contributed by atoms with E-state index < -0.39 is 0 Å². The molecule has 0 radical (unpaired) electrons. The SMILES string of the molecule is Cc1nc(N2CCOCC2)[nH]c(=O)c1CCC(=O)N(Cc1cccnc1)CC1CCCO1. The lowest BCUT2D eigenvalue weighted by Crippen LogP contribution is -2.39. The fourth-order valence-electron chi connectivity index (χ4n) is 4.21. The number of nitrogens with one attached hydrogen (secondary N) is 1. The highest BCUT2D eigenvalue weighted by Gasteiger charge is 2.24. The Labute approximate surface area is 187 Å². The van der Waals surface area contributed by atoms with Gasteiger partial charge in [0.15, 0.2) is 0 Å². The number of aromatic nitrogens is 3. The van der Waals surface area contributed by atoms with E-state index in [2.05, 4.69) is 15.0 Å². The molecule has 0 saturated carbocycles. The number of morpholine rings is 1. The summed E-state index contributed by atoms with van der Waals surface area (Å²) in [7, 11) is 0. The second-order valence-electron chi connectivity index (χ2n) is 8.32. The standard InChI is InChI=1S/C23H31N5O4/c1-17-20(22(30)26-23(25-17)27-9-12-31-13-10-27)6-7-21(29)28(16-19-5-3-11-32-19)15-18-4-2-8-24-14-18/h2,4,8,14,19H,3,5-7,9-13,15-16H2,1H3,(H,25,26,30). The molecule has 1 atom stereocenters. The summed E-state index contributed by atoms with van der Waals surface area (Å²) in [6, 6.07) is 3.83. The minimum Gasteiger partial charge on any atom is -0.378 e. The third-order valence-electron chi connectivity index (χ3n) is 6.01. The van der Waals surface area contributed by atoms with E-state index in [1.165, 1.54) is 0 Å². The summed E-state index contributed by atoms with van der Waals surface area (Å²) < 4.78 is 11.1. The Morgan fingerprint density at radius 2 is 2.16 bits per heavy atom. The van der Waals surface area contributed by atoms with Gasteiger partial charge in [-0.1, -0.05) is 6.07 Å². The molecule has 2 aromatic heterocycles. The lowest BCUT2D eigenvalue weighted by Gasteiger charge is -2.27. The number of anilines is 1. The third-order valence-corrected chi connectivity index (χ3v) is 6.01. The molecule has 9 heteroatoms. The molecule has 2 saturated heterocycles. The summed E-state index contributed by atoms with van der Waals surface area (Å²) in [5, 5.41) is 0. The largest absolute Gasteiger partial charge is 0.378 e. The topological polar surface area (TPSA) is 101 Å². The number of aromatic amines is 1. The maximum atomic E-state index is 13.1. The predicted octanol–water partition coefficient (Wildman–Crippen LogP) is 1.45. The van der Waals surface area contributed by atoms with Gasteiger partial charge in [0, 0.05) is 62.9 Å². The summed E-state index contributed by atoms with van der Waals surface area (Å²) >= 11 is 0. The van der Waals surface area contributed by atoms with Crippen LogP contribution in [0.3, 0.4) is 0 Å². The Morgan fingerprint density at radius 3 is 2.84 bits per heavy atom. The van der Waals surface area contributed by atoms with Gasteiger partial charge in [-0.05, 0) is 37.8 Å². The lowest BCUT2D eigenvalue weighted by atomic mass is 10.1. The van der Waals surface area contributed by atoms with Crippen LogP contribution in [-0.2, 0) is 27.2 Å². The second kappa shape index (κ2) is 10.7. The number of H-pyrrole nitrogens is 1. The number of hydrogen-bond donors (Lipinski definition) is 1. The highest BCUT2D eigenvalue weighted by atomic mass is 16.5. The zero-order valence-corrected chi connectivity index (χ0v) is 18.6. The maximum absolute atomic E-state index is 13.1. The molecule has 1 N–H and O–H groups in total. The van der Waals surface area contributed by atoms with Gasteiger partial charge in [0.1, 0.15) is 0 Å². The number of carbonyl (C=O) groups excluding carboxylic acids is 1. The van der Waals surface area contributed by atoms with Crippen LogP contribution in [0.15, 0.2) is 29.3 Å². The summed E-state index contributed by atoms with van der Waals surface area (Å²) in [6.45, 7) is 6.26. The molecule has 9 nitrogen and oxygen atoms in total. The first kappa shape index (κ1) is 22.4. The van der Waals surface area contributed by atoms with Crippen molar-refractivity contribution in [1.82, 2.24) is 19.9 Å². The number of rotatable bonds is 8. The van der Waals surface area contributed by atoms with Crippen molar-refractivity contribution in [3.05, 3.63) is 51.7 Å². The van der Waals surface area contributed by atoms with Crippen molar-refractivity contribution >= 4 is 11.9 Å². The number of carbonyl (C=O) groups is 1. The van der Waals surface area contributed by atoms with Crippen molar-refractivity contribution in [2.75, 3.05) is 44.4 Å². The van der Waals surface area contributed by atoms with Crippen molar-refractivity contribution < 1.29 is 14.3 Å². The van der Waals surface area contributed by atoms with Gasteiger partial charge >= 0.3 is 0 Å². The first-order chi connectivity index (χ1) is 15.6. The van der Waals surface area contributed by atoms with Gasteiger partial charge in [0.25, 0.3) is 5.56 Å². The van der Waals surface area contributed by atoms with Gasteiger partial charge < -0.3 is 19.3 Å². The molecule has 1 amide bonds. The minimum absolute atomic E-state index is 0.000379. The Morgan fingerprint density at radius 1 is 1.31 bits per heavy atom. The Bertz CT molecular complexity index is 953. The molecule has 1 unspecified atom stereocenters. The van der Waals surface area contributed by atoms with Crippen LogP contribution in [0, 0.1) is 6.92 Å². The van der Waals surface area contributed by atoms with Crippen LogP contribution in [0.5, 0.6) is 0 Å². The molecule has 4 rings (SSSR count). The number of amides is 1. The van der Waals surface area contributed by atoms with Crippen LogP contribution >= 0.6 is 0 Å². The summed E-state index contributed by atoms with van der Waals surface area (Å²) in [5.74, 6) is 0.572. The van der Waals surface area contributed by atoms with E-state index in [0.29, 0.717) is 63.0 Å². The number of nitrogens with zero attached hydrogens (tertiary/aromatic N) is 4. The molecule has 2 fully saturated rings. The molecular weight excluding hydrogens is 410 g/mol. The fraction of sp³-hybridized carbons (Fsp3) is 0.565. The van der Waals surface area contributed by atoms with Crippen LogP contribution in [0.1, 0.15) is 36.1 Å². The molecule has 0 aliphatic carbocycles. The zero-order chi connectivity index (χ0) is 22.3. The van der Waals surface area contributed by atoms with Gasteiger partial charge in [0.05, 0.1) is 19.3 Å². The molecule has 4 heterocycles. The van der Waals surface area contributed by atoms with E-state index >= 15 is 0 Å². The van der Waals surface area contributed by atoms with Crippen LogP contribution in [0.4, 0.5) is 5.95 Å². The summed E-state index contributed by atoms with van der Waals surface area (Å²) in [5.41, 5.74) is 2.03. The highest BCUT2D eigenvalue weighted by molar-refractivity contribution is 5.76. The van der Waals surface area contributed by atoms with Crippen molar-refractivity contribution in [3.63, 3.8) is 0 Å². The number of pyridine rings is 1. The zero-order valence-electron chi connectivity index (χ0n) is 18.6. The van der Waals surface area contributed by atoms with Crippen LogP contribution in [-0.4, -0.2) is 71.3 Å². The monoisotopic (exact) mass is 441 g/mol. The highest BCUT2D eigenvalue weighted by Crippen LogP contribution is 2.17. The van der Waals surface area contributed by atoms with Crippen molar-refractivity contribution in [2.24, 2.45) is 0 Å². The van der Waals surface area contributed by atoms with Crippen LogP contribution < -0.4 is 10.5 Å². The van der Waals surface area contributed by atoms with Gasteiger partial charge in [-0.25, -0.2) is 4.98 Å². The molecular formula is C23H31N5O4. The smallest absolute Gasteiger partial charge is 0.255 e. The Balaban J connectivity index is 1.43. The van der Waals surface area contributed by atoms with E-state index in [1.54, 1.807) is 12.4 Å². The first-order valence-electron chi connectivity index (χ1n) is 11.3. The quantitative estimate of drug-likeness (QED) is 0.662. The van der Waals surface area contributed by atoms with Gasteiger partial charge in [0.2, 0.25) is 11.9 Å². The predicted molar refractivity (Wildman–Crippen MR) is 120 cm³/mol. The van der Waals surface area contributed by atoms with E-state index in [0.717, 1.165) is 25.0 Å². The number of hydrogen-bond acceptors (Lipinski definition) is 7. The van der Waals surface area contributed by atoms with Crippen molar-refractivity contribution in [1.29, 1.82) is 0 Å². The first-order valence-corrected chi connectivity index (χ1v) is 11.3. The van der Waals surface area contributed by atoms with E-state index in [-0.39, 0.29) is 24.0 Å². The number of ether oxygens (including phenoxy) is 2. The van der Waals surface area contributed by atoms with Crippen molar-refractivity contribution in [3.8, 4) is 0 Å². The Kier molecular flexibility index (Phi) is 7.49. The second-order valence-corrected chi connectivity index (χ2v) is 8.32. The Hall–Kier alpha value is -2.78. The number of aryl methyl sites for hydroxylation is 1. The molecule has 172 valence electrons. The van der Waals surface area contributed by atoms with E-state index in [1.807, 2.05) is 28.9 Å². The normalized spacial score (nSPS) is 18.7. The van der Waals surface area contributed by atoms with Gasteiger partial charge in [-0.2, -0.15) is 0 Å². The molecule has 0 aromatic carbocycles. The summed E-state index contributed by atoms with van der Waals surface area (Å²) in [6.07, 6.45) is 6.14. The average molecular weight is 442 g/mol. The average Bonchev–Trinajstić information content (AvgIpc) is 3.32. The van der Waals surface area contributed by atoms with E-state index in [9.17, 15) is 9.59 Å². The molecule has 2 aromatic rings. The fourth-order valence-corrected chi connectivity index (χ4v) is 4.21. The minimum atomic E-state index is -0.176. The van der Waals surface area contributed by atoms with Gasteiger partial charge in [-0.15, -0.1) is 0 Å². The molecule has 32 heavy (non-hydrogen) atoms. The molecule has 0 spiro atoms. The third kappa shape index (κ3) is 5.72. The van der Waals surface area contributed by atoms with Gasteiger partial charge in [-0.3, -0.25) is 19.6 Å². The molecule has 2 aliphatic rings. The van der Waals surface area contributed by atoms with Crippen LogP contribution in [0.2, 0.25) is 0 Å². The van der Waals surface area contributed by atoms with E-state index in [4.69, 9.17) is 9.47 Å². The molecule has 2 aliphatic heterocycles. The van der Waals surface area contributed by atoms with Crippen LogP contribution in [0.25, 0.3) is 0 Å².